The van der Waals surface area contributed by atoms with Crippen molar-refractivity contribution in [3.8, 4) is 27.9 Å². The van der Waals surface area contributed by atoms with Crippen LogP contribution in [0.15, 0.2) is 194 Å². The standard InChI is InChI=1S/C57H42N4S.2C2H6/c1-37-52(60(42-24-12-5-13-25-42)43-31-49-48(59-36-43)30-41(35-58-49)38-18-6-2-7-19-38)33-55-57(56(37)40-22-10-4-11-23-40)47-32-46-45-27-15-17-29-51(45)61(53(46)34-54(47)62-55)50-28-16-14-26-44(50)39-20-8-3-9-21-39;2*1-2/h2-8,10-12,14-20,22-24,26-36H,9,13,21,25H2,1H3;2*1-2H3. The van der Waals surface area contributed by atoms with Crippen molar-refractivity contribution in [3.05, 3.63) is 205 Å². The fourth-order valence-electron chi connectivity index (χ4n) is 9.85. The zero-order chi connectivity index (χ0) is 45.1. The number of thiophene rings is 1. The van der Waals surface area contributed by atoms with Gasteiger partial charge in [0.25, 0.3) is 0 Å². The Morgan fingerprint density at radius 1 is 0.561 bits per heavy atom. The van der Waals surface area contributed by atoms with Crippen LogP contribution in [0.3, 0.4) is 0 Å². The van der Waals surface area contributed by atoms with E-state index in [1.54, 1.807) is 0 Å². The van der Waals surface area contributed by atoms with E-state index >= 15 is 0 Å². The molecule has 0 radical (unpaired) electrons. The Morgan fingerprint density at radius 3 is 2.00 bits per heavy atom. The van der Waals surface area contributed by atoms with Gasteiger partial charge in [0, 0.05) is 54.0 Å². The van der Waals surface area contributed by atoms with Crippen molar-refractivity contribution in [2.75, 3.05) is 4.90 Å². The molecule has 0 atom stereocenters. The van der Waals surface area contributed by atoms with Crippen LogP contribution in [0.5, 0.6) is 0 Å². The molecule has 0 bridgehead atoms. The molecule has 324 valence electrons. The molecule has 5 heteroatoms. The predicted molar refractivity (Wildman–Crippen MR) is 286 cm³/mol. The van der Waals surface area contributed by atoms with Crippen molar-refractivity contribution in [2.24, 2.45) is 0 Å². The summed E-state index contributed by atoms with van der Waals surface area (Å²) < 4.78 is 5.05. The van der Waals surface area contributed by atoms with E-state index in [1.165, 1.54) is 81.2 Å². The largest absolute Gasteiger partial charge is 0.312 e. The predicted octanol–water partition coefficient (Wildman–Crippen LogP) is 17.9. The minimum atomic E-state index is 0.875. The van der Waals surface area contributed by atoms with E-state index < -0.39 is 0 Å². The molecule has 6 aromatic carbocycles. The molecule has 0 saturated heterocycles. The Labute approximate surface area is 392 Å². The number of nitrogens with zero attached hydrogens (tertiary/aromatic N) is 4. The Hall–Kier alpha value is -7.34. The normalized spacial score (nSPS) is 13.3. The number of rotatable bonds is 7. The van der Waals surface area contributed by atoms with Gasteiger partial charge in [-0.15, -0.1) is 11.3 Å². The summed E-state index contributed by atoms with van der Waals surface area (Å²) in [6.07, 6.45) is 21.5. The molecular weight excluding hydrogens is 821 g/mol. The summed E-state index contributed by atoms with van der Waals surface area (Å²) >= 11 is 1.89. The van der Waals surface area contributed by atoms with E-state index in [2.05, 4.69) is 186 Å². The molecule has 10 aromatic rings. The summed E-state index contributed by atoms with van der Waals surface area (Å²) in [4.78, 5) is 12.5. The minimum absolute atomic E-state index is 0.875. The summed E-state index contributed by atoms with van der Waals surface area (Å²) in [5, 5.41) is 5.13. The first-order valence-corrected chi connectivity index (χ1v) is 24.4. The number of anilines is 2. The zero-order valence-electron chi connectivity index (χ0n) is 38.4. The molecule has 0 N–H and O–H groups in total. The third kappa shape index (κ3) is 7.53. The Morgan fingerprint density at radius 2 is 1.24 bits per heavy atom. The number of para-hydroxylation sites is 2. The van der Waals surface area contributed by atoms with Crippen LogP contribution < -0.4 is 4.90 Å². The minimum Gasteiger partial charge on any atom is -0.312 e. The maximum absolute atomic E-state index is 5.08. The van der Waals surface area contributed by atoms with Crippen molar-refractivity contribution >= 4 is 81.3 Å². The summed E-state index contributed by atoms with van der Waals surface area (Å²) in [6.45, 7) is 10.3. The second-order valence-corrected chi connectivity index (χ2v) is 17.5. The topological polar surface area (TPSA) is 34.0 Å². The second-order valence-electron chi connectivity index (χ2n) is 16.4. The lowest BCUT2D eigenvalue weighted by Gasteiger charge is -2.31. The molecule has 0 amide bonds. The quantitative estimate of drug-likeness (QED) is 0.160. The van der Waals surface area contributed by atoms with Crippen LogP contribution in [0, 0.1) is 6.92 Å². The van der Waals surface area contributed by atoms with Crippen LogP contribution in [0.25, 0.3) is 86.5 Å². The monoisotopic (exact) mass is 874 g/mol. The van der Waals surface area contributed by atoms with Crippen molar-refractivity contribution in [1.82, 2.24) is 14.5 Å². The van der Waals surface area contributed by atoms with Crippen LogP contribution in [0.4, 0.5) is 11.4 Å². The lowest BCUT2D eigenvalue weighted by atomic mass is 9.92. The molecule has 2 aliphatic rings. The van der Waals surface area contributed by atoms with Gasteiger partial charge in [-0.1, -0.05) is 155 Å². The average molecular weight is 875 g/mol. The number of pyridine rings is 2. The molecule has 12 rings (SSSR count). The number of allylic oxidation sites excluding steroid dienone is 8. The van der Waals surface area contributed by atoms with E-state index in [0.717, 1.165) is 59.2 Å². The van der Waals surface area contributed by atoms with Gasteiger partial charge in [-0.3, -0.25) is 9.97 Å². The highest BCUT2D eigenvalue weighted by molar-refractivity contribution is 7.26. The molecular formula is C61H54N4S. The van der Waals surface area contributed by atoms with Crippen LogP contribution in [-0.2, 0) is 0 Å². The molecule has 4 heterocycles. The zero-order valence-corrected chi connectivity index (χ0v) is 39.2. The van der Waals surface area contributed by atoms with Gasteiger partial charge < -0.3 is 9.47 Å². The number of hydrogen-bond acceptors (Lipinski definition) is 4. The van der Waals surface area contributed by atoms with Gasteiger partial charge in [-0.05, 0) is 109 Å². The average Bonchev–Trinajstić information content (AvgIpc) is 3.92. The number of hydrogen-bond donors (Lipinski definition) is 0. The van der Waals surface area contributed by atoms with Gasteiger partial charge in [0.1, 0.15) is 0 Å². The van der Waals surface area contributed by atoms with Crippen molar-refractivity contribution in [1.29, 1.82) is 0 Å². The maximum atomic E-state index is 5.08. The van der Waals surface area contributed by atoms with Gasteiger partial charge in [0.05, 0.1) is 45.3 Å². The first-order valence-electron chi connectivity index (χ1n) is 23.6. The smallest absolute Gasteiger partial charge is 0.0908 e. The maximum Gasteiger partial charge on any atom is 0.0908 e. The third-order valence-corrected chi connectivity index (χ3v) is 13.9. The molecule has 0 spiro atoms. The van der Waals surface area contributed by atoms with E-state index in [4.69, 9.17) is 9.97 Å². The summed E-state index contributed by atoms with van der Waals surface area (Å²) in [6, 6.07) is 51.0. The number of aromatic nitrogens is 3. The highest BCUT2D eigenvalue weighted by Crippen LogP contribution is 2.50. The SMILES string of the molecule is CC.CC.Cc1c(N(C2=CC=CCC2)c2cnc3cc(-c4ccccc4)cnc3c2)cc2sc3cc4c(cc3c2c1-c1ccccc1)c1ccccc1n4-c1ccccc1C1=CC=CCC1. The fourth-order valence-corrected chi connectivity index (χ4v) is 11.0. The van der Waals surface area contributed by atoms with E-state index in [-0.39, 0.29) is 0 Å². The Bertz CT molecular complexity index is 3530. The number of fused-ring (bicyclic) bond motifs is 7. The van der Waals surface area contributed by atoms with Gasteiger partial charge in [0.2, 0.25) is 0 Å². The van der Waals surface area contributed by atoms with Crippen LogP contribution in [0.1, 0.15) is 64.5 Å². The first kappa shape index (κ1) is 42.6. The van der Waals surface area contributed by atoms with Gasteiger partial charge >= 0.3 is 0 Å². The molecule has 2 aliphatic carbocycles. The third-order valence-electron chi connectivity index (χ3n) is 12.8. The van der Waals surface area contributed by atoms with E-state index in [9.17, 15) is 0 Å². The van der Waals surface area contributed by atoms with Gasteiger partial charge in [0.15, 0.2) is 0 Å². The summed E-state index contributed by atoms with van der Waals surface area (Å²) in [5.41, 5.74) is 17.5. The second kappa shape index (κ2) is 18.6. The van der Waals surface area contributed by atoms with E-state index in [1.807, 2.05) is 57.5 Å². The van der Waals surface area contributed by atoms with Crippen LogP contribution >= 0.6 is 11.3 Å². The van der Waals surface area contributed by atoms with Crippen molar-refractivity contribution in [3.63, 3.8) is 0 Å². The lowest BCUT2D eigenvalue weighted by Crippen LogP contribution is -2.19. The van der Waals surface area contributed by atoms with Crippen LogP contribution in [0.2, 0.25) is 0 Å². The molecule has 0 aliphatic heterocycles. The molecule has 4 nitrogen and oxygen atoms in total. The van der Waals surface area contributed by atoms with Crippen molar-refractivity contribution < 1.29 is 0 Å². The Balaban J connectivity index is 0.00000125. The molecule has 0 unspecified atom stereocenters. The molecule has 0 fully saturated rings. The van der Waals surface area contributed by atoms with Gasteiger partial charge in [-0.2, -0.15) is 0 Å². The first-order chi connectivity index (χ1) is 32.7. The lowest BCUT2D eigenvalue weighted by molar-refractivity contribution is 0.915. The van der Waals surface area contributed by atoms with Crippen LogP contribution in [-0.4, -0.2) is 14.5 Å². The van der Waals surface area contributed by atoms with E-state index in [0.29, 0.717) is 0 Å². The highest BCUT2D eigenvalue weighted by Gasteiger charge is 2.26. The molecule has 66 heavy (non-hydrogen) atoms. The molecule has 4 aromatic heterocycles. The molecule has 0 saturated carbocycles. The fraction of sp³-hybridized carbons (Fsp3) is 0.148. The van der Waals surface area contributed by atoms with Crippen molar-refractivity contribution in [2.45, 2.75) is 60.3 Å². The summed E-state index contributed by atoms with van der Waals surface area (Å²) in [5.74, 6) is 0. The number of benzene rings is 6. The highest BCUT2D eigenvalue weighted by atomic mass is 32.1. The summed E-state index contributed by atoms with van der Waals surface area (Å²) in [7, 11) is 0. The van der Waals surface area contributed by atoms with Gasteiger partial charge in [-0.25, -0.2) is 0 Å². The Kier molecular flexibility index (Phi) is 12.0.